The van der Waals surface area contributed by atoms with Gasteiger partial charge in [0, 0.05) is 13.2 Å². The molecule has 2 atom stereocenters. The molecule has 2 unspecified atom stereocenters. The number of likely N-dealkylation sites (N-methyl/N-ethyl adjacent to an activating group) is 1. The van der Waals surface area contributed by atoms with Crippen molar-refractivity contribution in [3.63, 3.8) is 0 Å². The lowest BCUT2D eigenvalue weighted by atomic mass is 10.1. The van der Waals surface area contributed by atoms with E-state index in [2.05, 4.69) is 5.32 Å². The smallest absolute Gasteiger partial charge is 0.123 e. The van der Waals surface area contributed by atoms with Crippen LogP contribution in [0.4, 0.5) is 4.39 Å². The molecule has 0 spiro atoms. The van der Waals surface area contributed by atoms with Crippen molar-refractivity contribution in [3.8, 4) is 0 Å². The molecule has 1 heterocycles. The number of rotatable bonds is 6. The third-order valence-corrected chi connectivity index (χ3v) is 3.14. The van der Waals surface area contributed by atoms with Gasteiger partial charge in [-0.05, 0) is 37.6 Å². The molecule has 0 saturated carbocycles. The molecule has 1 saturated heterocycles. The van der Waals surface area contributed by atoms with Gasteiger partial charge >= 0.3 is 0 Å². The van der Waals surface area contributed by atoms with Crippen LogP contribution in [0.15, 0.2) is 24.3 Å². The average Bonchev–Trinajstić information content (AvgIpc) is 2.89. The predicted molar refractivity (Wildman–Crippen MR) is 68.0 cm³/mol. The van der Waals surface area contributed by atoms with Crippen LogP contribution in [-0.2, 0) is 9.47 Å². The number of hydrogen-bond donors (Lipinski definition) is 1. The van der Waals surface area contributed by atoms with E-state index in [0.29, 0.717) is 13.2 Å². The van der Waals surface area contributed by atoms with Gasteiger partial charge in [-0.15, -0.1) is 0 Å². The zero-order valence-electron chi connectivity index (χ0n) is 10.7. The summed E-state index contributed by atoms with van der Waals surface area (Å²) in [5.41, 5.74) is 0.990. The van der Waals surface area contributed by atoms with E-state index in [4.69, 9.17) is 9.47 Å². The van der Waals surface area contributed by atoms with E-state index in [1.165, 1.54) is 12.1 Å². The lowest BCUT2D eigenvalue weighted by molar-refractivity contribution is -0.0204. The fourth-order valence-electron chi connectivity index (χ4n) is 2.14. The van der Waals surface area contributed by atoms with Gasteiger partial charge in [-0.2, -0.15) is 0 Å². The predicted octanol–water partition coefficient (Wildman–Crippen LogP) is 2.28. The summed E-state index contributed by atoms with van der Waals surface area (Å²) in [6.07, 6.45) is 2.33. The van der Waals surface area contributed by atoms with E-state index in [1.807, 2.05) is 7.05 Å². The van der Waals surface area contributed by atoms with Crippen molar-refractivity contribution in [2.45, 2.75) is 25.0 Å². The van der Waals surface area contributed by atoms with Crippen molar-refractivity contribution in [2.24, 2.45) is 0 Å². The van der Waals surface area contributed by atoms with Gasteiger partial charge in [-0.25, -0.2) is 4.39 Å². The summed E-state index contributed by atoms with van der Waals surface area (Å²) in [7, 11) is 1.88. The Morgan fingerprint density at radius 3 is 2.83 bits per heavy atom. The minimum absolute atomic E-state index is 0.0557. The van der Waals surface area contributed by atoms with Crippen molar-refractivity contribution >= 4 is 0 Å². The normalized spacial score (nSPS) is 21.1. The molecule has 1 N–H and O–H groups in total. The van der Waals surface area contributed by atoms with E-state index >= 15 is 0 Å². The topological polar surface area (TPSA) is 30.5 Å². The van der Waals surface area contributed by atoms with Gasteiger partial charge in [-0.1, -0.05) is 12.1 Å². The first-order valence-electron chi connectivity index (χ1n) is 6.43. The summed E-state index contributed by atoms with van der Waals surface area (Å²) in [6.45, 7) is 2.14. The maximum Gasteiger partial charge on any atom is 0.123 e. The van der Waals surface area contributed by atoms with Crippen LogP contribution in [0.5, 0.6) is 0 Å². The standard InChI is InChI=1S/C14H20FNO2/c1-16-9-14(11-4-6-12(15)7-5-11)18-10-13-3-2-8-17-13/h4-7,13-14,16H,2-3,8-10H2,1H3. The Hall–Kier alpha value is -0.970. The fourth-order valence-corrected chi connectivity index (χ4v) is 2.14. The third kappa shape index (κ3) is 3.77. The van der Waals surface area contributed by atoms with Gasteiger partial charge in [0.2, 0.25) is 0 Å². The van der Waals surface area contributed by atoms with Crippen LogP contribution in [-0.4, -0.2) is 32.9 Å². The summed E-state index contributed by atoms with van der Waals surface area (Å²) >= 11 is 0. The third-order valence-electron chi connectivity index (χ3n) is 3.14. The molecule has 3 nitrogen and oxygen atoms in total. The number of nitrogens with one attached hydrogen (secondary N) is 1. The maximum atomic E-state index is 12.9. The number of ether oxygens (including phenoxy) is 2. The Bertz CT molecular complexity index is 349. The summed E-state index contributed by atoms with van der Waals surface area (Å²) in [5, 5.41) is 3.10. The zero-order valence-corrected chi connectivity index (χ0v) is 10.7. The van der Waals surface area contributed by atoms with Crippen LogP contribution in [0.25, 0.3) is 0 Å². The molecule has 1 fully saturated rings. The summed E-state index contributed by atoms with van der Waals surface area (Å²) < 4.78 is 24.3. The van der Waals surface area contributed by atoms with Gasteiger partial charge in [0.05, 0.1) is 18.8 Å². The van der Waals surface area contributed by atoms with Gasteiger partial charge in [-0.3, -0.25) is 0 Å². The molecule has 0 bridgehead atoms. The first kappa shape index (κ1) is 13.5. The second kappa shape index (κ2) is 6.83. The van der Waals surface area contributed by atoms with Crippen LogP contribution in [0.3, 0.4) is 0 Å². The van der Waals surface area contributed by atoms with Crippen molar-refractivity contribution in [1.82, 2.24) is 5.32 Å². The Morgan fingerprint density at radius 2 is 2.22 bits per heavy atom. The first-order chi connectivity index (χ1) is 8.79. The molecule has 0 aromatic heterocycles. The summed E-state index contributed by atoms with van der Waals surface area (Å²) in [4.78, 5) is 0. The second-order valence-electron chi connectivity index (χ2n) is 4.57. The SMILES string of the molecule is CNCC(OCC1CCCO1)c1ccc(F)cc1. The van der Waals surface area contributed by atoms with E-state index in [1.54, 1.807) is 12.1 Å². The quantitative estimate of drug-likeness (QED) is 0.843. The lowest BCUT2D eigenvalue weighted by Crippen LogP contribution is -2.24. The molecule has 1 aliphatic rings. The summed E-state index contributed by atoms with van der Waals surface area (Å²) in [6, 6.07) is 6.47. The highest BCUT2D eigenvalue weighted by Gasteiger charge is 2.19. The lowest BCUT2D eigenvalue weighted by Gasteiger charge is -2.20. The van der Waals surface area contributed by atoms with Crippen molar-refractivity contribution < 1.29 is 13.9 Å². The first-order valence-corrected chi connectivity index (χ1v) is 6.43. The Kier molecular flexibility index (Phi) is 5.11. The second-order valence-corrected chi connectivity index (χ2v) is 4.57. The van der Waals surface area contributed by atoms with Crippen LogP contribution in [0.2, 0.25) is 0 Å². The highest BCUT2D eigenvalue weighted by atomic mass is 19.1. The molecule has 100 valence electrons. The Morgan fingerprint density at radius 1 is 1.44 bits per heavy atom. The molecule has 18 heavy (non-hydrogen) atoms. The van der Waals surface area contributed by atoms with E-state index in [9.17, 15) is 4.39 Å². The van der Waals surface area contributed by atoms with Gasteiger partial charge in [0.15, 0.2) is 0 Å². The molecule has 0 amide bonds. The van der Waals surface area contributed by atoms with Crippen LogP contribution in [0, 0.1) is 5.82 Å². The average molecular weight is 253 g/mol. The van der Waals surface area contributed by atoms with Gasteiger partial charge in [0.25, 0.3) is 0 Å². The van der Waals surface area contributed by atoms with Crippen molar-refractivity contribution in [1.29, 1.82) is 0 Å². The highest BCUT2D eigenvalue weighted by Crippen LogP contribution is 2.20. The number of benzene rings is 1. The van der Waals surface area contributed by atoms with Gasteiger partial charge in [0.1, 0.15) is 5.82 Å². The van der Waals surface area contributed by atoms with Crippen LogP contribution >= 0.6 is 0 Å². The van der Waals surface area contributed by atoms with Crippen molar-refractivity contribution in [3.05, 3.63) is 35.6 Å². The number of halogens is 1. The molecule has 1 aromatic rings. The van der Waals surface area contributed by atoms with Crippen LogP contribution in [0.1, 0.15) is 24.5 Å². The van der Waals surface area contributed by atoms with Crippen LogP contribution < -0.4 is 5.32 Å². The fraction of sp³-hybridized carbons (Fsp3) is 0.571. The molecule has 0 radical (unpaired) electrons. The highest BCUT2D eigenvalue weighted by molar-refractivity contribution is 5.19. The monoisotopic (exact) mass is 253 g/mol. The van der Waals surface area contributed by atoms with E-state index in [-0.39, 0.29) is 18.0 Å². The molecule has 2 rings (SSSR count). The van der Waals surface area contributed by atoms with Crippen molar-refractivity contribution in [2.75, 3.05) is 26.8 Å². The molecule has 0 aliphatic carbocycles. The molecule has 1 aliphatic heterocycles. The molecular formula is C14H20FNO2. The maximum absolute atomic E-state index is 12.9. The minimum Gasteiger partial charge on any atom is -0.376 e. The molecular weight excluding hydrogens is 233 g/mol. The Labute approximate surface area is 107 Å². The number of hydrogen-bond acceptors (Lipinski definition) is 3. The molecule has 4 heteroatoms. The Balaban J connectivity index is 1.91. The summed E-state index contributed by atoms with van der Waals surface area (Å²) in [5.74, 6) is -0.221. The van der Waals surface area contributed by atoms with E-state index in [0.717, 1.165) is 25.0 Å². The largest absolute Gasteiger partial charge is 0.376 e. The van der Waals surface area contributed by atoms with Gasteiger partial charge < -0.3 is 14.8 Å². The van der Waals surface area contributed by atoms with E-state index < -0.39 is 0 Å². The molecule has 1 aromatic carbocycles. The minimum atomic E-state index is -0.221. The zero-order chi connectivity index (χ0) is 12.8.